The number of piperazine rings is 1. The molecule has 30 heavy (non-hydrogen) atoms. The Morgan fingerprint density at radius 3 is 2.37 bits per heavy atom. The van der Waals surface area contributed by atoms with Crippen LogP contribution in [0.25, 0.3) is 0 Å². The van der Waals surface area contributed by atoms with E-state index in [1.54, 1.807) is 0 Å². The van der Waals surface area contributed by atoms with Crippen molar-refractivity contribution in [2.75, 3.05) is 72.0 Å². The number of carbonyl (C=O) groups is 1. The van der Waals surface area contributed by atoms with E-state index in [4.69, 9.17) is 4.99 Å². The molecule has 0 bridgehead atoms. The van der Waals surface area contributed by atoms with Gasteiger partial charge in [0.2, 0.25) is 5.91 Å². The number of nitrogens with one attached hydrogen (secondary N) is 1. The molecule has 1 amide bonds. The number of halogens is 1. The van der Waals surface area contributed by atoms with Crippen LogP contribution in [0.4, 0.5) is 0 Å². The van der Waals surface area contributed by atoms with Gasteiger partial charge in [-0.3, -0.25) is 14.7 Å². The number of nitrogens with zero attached hydrogens (tertiary/aromatic N) is 5. The summed E-state index contributed by atoms with van der Waals surface area (Å²) in [7, 11) is 0. The van der Waals surface area contributed by atoms with Gasteiger partial charge in [-0.25, -0.2) is 0 Å². The Bertz CT molecular complexity index is 546. The van der Waals surface area contributed by atoms with Crippen LogP contribution in [0.1, 0.15) is 46.5 Å². The first-order valence-corrected chi connectivity index (χ1v) is 11.9. The summed E-state index contributed by atoms with van der Waals surface area (Å²) in [5.41, 5.74) is 0. The van der Waals surface area contributed by atoms with Crippen LogP contribution in [0, 0.1) is 5.92 Å². The van der Waals surface area contributed by atoms with E-state index >= 15 is 0 Å². The third kappa shape index (κ3) is 6.95. The lowest BCUT2D eigenvalue weighted by atomic mass is 10.1. The van der Waals surface area contributed by atoms with Crippen LogP contribution < -0.4 is 5.32 Å². The van der Waals surface area contributed by atoms with E-state index in [9.17, 15) is 4.79 Å². The van der Waals surface area contributed by atoms with Crippen molar-refractivity contribution in [1.29, 1.82) is 0 Å². The minimum Gasteiger partial charge on any atom is -0.357 e. The molecule has 0 aromatic heterocycles. The van der Waals surface area contributed by atoms with Crippen LogP contribution in [0.3, 0.4) is 0 Å². The monoisotopic (exact) mass is 534 g/mol. The first-order valence-electron chi connectivity index (χ1n) is 11.9. The maximum atomic E-state index is 12.7. The molecule has 0 aromatic carbocycles. The highest BCUT2D eigenvalue weighted by Crippen LogP contribution is 2.17. The molecule has 0 aromatic rings. The molecule has 3 heterocycles. The summed E-state index contributed by atoms with van der Waals surface area (Å²) in [5.74, 6) is 2.06. The molecule has 174 valence electrons. The molecule has 3 aliphatic rings. The molecule has 0 saturated carbocycles. The van der Waals surface area contributed by atoms with Gasteiger partial charge in [0.1, 0.15) is 0 Å². The largest absolute Gasteiger partial charge is 0.357 e. The van der Waals surface area contributed by atoms with E-state index in [0.29, 0.717) is 11.8 Å². The number of aliphatic imine (C=N–C) groups is 1. The summed E-state index contributed by atoms with van der Waals surface area (Å²) >= 11 is 0. The molecule has 0 aliphatic carbocycles. The second-order valence-corrected chi connectivity index (χ2v) is 8.88. The molecule has 3 fully saturated rings. The third-order valence-electron chi connectivity index (χ3n) is 6.68. The van der Waals surface area contributed by atoms with E-state index in [-0.39, 0.29) is 30.0 Å². The molecule has 3 rings (SSSR count). The molecule has 3 saturated heterocycles. The maximum absolute atomic E-state index is 12.7. The Kier molecular flexibility index (Phi) is 11.2. The fourth-order valence-corrected chi connectivity index (χ4v) is 4.90. The highest BCUT2D eigenvalue weighted by atomic mass is 127. The summed E-state index contributed by atoms with van der Waals surface area (Å²) < 4.78 is 0. The van der Waals surface area contributed by atoms with E-state index in [1.807, 2.05) is 4.90 Å². The Labute approximate surface area is 200 Å². The average Bonchev–Trinajstić information content (AvgIpc) is 3.43. The Morgan fingerprint density at radius 2 is 1.73 bits per heavy atom. The van der Waals surface area contributed by atoms with E-state index in [2.05, 4.69) is 40.8 Å². The SMILES string of the molecule is CCCN1CCC(CN=C(NCC)N2CCN(C(C)C(=O)N3CCCC3)CC2)C1.I. The maximum Gasteiger partial charge on any atom is 0.239 e. The minimum absolute atomic E-state index is 0. The van der Waals surface area contributed by atoms with Crippen LogP contribution in [-0.4, -0.2) is 110 Å². The molecule has 8 heteroatoms. The highest BCUT2D eigenvalue weighted by Gasteiger charge is 2.30. The van der Waals surface area contributed by atoms with E-state index in [1.165, 1.54) is 32.5 Å². The first-order chi connectivity index (χ1) is 14.1. The Morgan fingerprint density at radius 1 is 1.03 bits per heavy atom. The van der Waals surface area contributed by atoms with Gasteiger partial charge in [0.25, 0.3) is 0 Å². The minimum atomic E-state index is -0.00203. The summed E-state index contributed by atoms with van der Waals surface area (Å²) in [5, 5.41) is 3.49. The number of carbonyl (C=O) groups excluding carboxylic acids is 1. The fraction of sp³-hybridized carbons (Fsp3) is 0.909. The predicted octanol–water partition coefficient (Wildman–Crippen LogP) is 1.93. The number of hydrogen-bond acceptors (Lipinski definition) is 4. The molecule has 2 unspecified atom stereocenters. The lowest BCUT2D eigenvalue weighted by Crippen LogP contribution is -2.57. The summed E-state index contributed by atoms with van der Waals surface area (Å²) in [6.07, 6.45) is 4.83. The molecule has 0 spiro atoms. The zero-order valence-electron chi connectivity index (χ0n) is 19.3. The number of amides is 1. The predicted molar refractivity (Wildman–Crippen MR) is 135 cm³/mol. The van der Waals surface area contributed by atoms with Gasteiger partial charge < -0.3 is 20.0 Å². The summed E-state index contributed by atoms with van der Waals surface area (Å²) in [6, 6.07) is -0.00203. The number of likely N-dealkylation sites (tertiary alicyclic amines) is 2. The molecular weight excluding hydrogens is 491 g/mol. The fourth-order valence-electron chi connectivity index (χ4n) is 4.90. The van der Waals surface area contributed by atoms with Gasteiger partial charge in [-0.15, -0.1) is 24.0 Å². The number of guanidine groups is 1. The summed E-state index contributed by atoms with van der Waals surface area (Å²) in [4.78, 5) is 27.1. The highest BCUT2D eigenvalue weighted by molar-refractivity contribution is 14.0. The molecule has 2 atom stereocenters. The average molecular weight is 535 g/mol. The van der Waals surface area contributed by atoms with Gasteiger partial charge in [-0.1, -0.05) is 6.92 Å². The molecule has 7 nitrogen and oxygen atoms in total. The van der Waals surface area contributed by atoms with Crippen molar-refractivity contribution >= 4 is 35.8 Å². The Hall–Kier alpha value is -0.610. The van der Waals surface area contributed by atoms with Gasteiger partial charge in [0, 0.05) is 58.9 Å². The first kappa shape index (κ1) is 25.6. The van der Waals surface area contributed by atoms with E-state index < -0.39 is 0 Å². The van der Waals surface area contributed by atoms with Gasteiger partial charge in [0.05, 0.1) is 6.04 Å². The lowest BCUT2D eigenvalue weighted by molar-refractivity contribution is -0.135. The molecule has 3 aliphatic heterocycles. The van der Waals surface area contributed by atoms with Crippen molar-refractivity contribution in [2.24, 2.45) is 10.9 Å². The van der Waals surface area contributed by atoms with Crippen molar-refractivity contribution in [3.05, 3.63) is 0 Å². The van der Waals surface area contributed by atoms with Crippen LogP contribution in [-0.2, 0) is 4.79 Å². The third-order valence-corrected chi connectivity index (χ3v) is 6.68. The van der Waals surface area contributed by atoms with Crippen LogP contribution in [0.15, 0.2) is 4.99 Å². The normalized spacial score (nSPS) is 24.8. The zero-order valence-corrected chi connectivity index (χ0v) is 21.6. The number of hydrogen-bond donors (Lipinski definition) is 1. The van der Waals surface area contributed by atoms with Crippen LogP contribution >= 0.6 is 24.0 Å². The van der Waals surface area contributed by atoms with Crippen LogP contribution in [0.5, 0.6) is 0 Å². The van der Waals surface area contributed by atoms with Crippen molar-refractivity contribution in [1.82, 2.24) is 24.9 Å². The van der Waals surface area contributed by atoms with Crippen molar-refractivity contribution in [3.63, 3.8) is 0 Å². The van der Waals surface area contributed by atoms with E-state index in [0.717, 1.165) is 71.2 Å². The smallest absolute Gasteiger partial charge is 0.239 e. The van der Waals surface area contributed by atoms with Crippen molar-refractivity contribution < 1.29 is 4.79 Å². The second kappa shape index (κ2) is 13.1. The van der Waals surface area contributed by atoms with Crippen molar-refractivity contribution in [3.8, 4) is 0 Å². The molecule has 1 N–H and O–H groups in total. The van der Waals surface area contributed by atoms with Gasteiger partial charge in [-0.05, 0) is 58.5 Å². The molecular formula is C22H43IN6O. The van der Waals surface area contributed by atoms with Gasteiger partial charge in [0.15, 0.2) is 5.96 Å². The zero-order chi connectivity index (χ0) is 20.6. The Balaban J connectivity index is 0.00000320. The standard InChI is InChI=1S/C22H42N6O.HI/c1-4-9-25-12-8-20(18-25)17-24-22(23-5-2)28-15-13-26(14-16-28)19(3)21(29)27-10-6-7-11-27;/h19-20H,4-18H2,1-3H3,(H,23,24);1H. The number of rotatable bonds is 7. The van der Waals surface area contributed by atoms with Gasteiger partial charge in [-0.2, -0.15) is 0 Å². The topological polar surface area (TPSA) is 54.4 Å². The van der Waals surface area contributed by atoms with Gasteiger partial charge >= 0.3 is 0 Å². The van der Waals surface area contributed by atoms with Crippen LogP contribution in [0.2, 0.25) is 0 Å². The summed E-state index contributed by atoms with van der Waals surface area (Å²) in [6.45, 7) is 17.6. The quantitative estimate of drug-likeness (QED) is 0.308. The lowest BCUT2D eigenvalue weighted by Gasteiger charge is -2.39. The second-order valence-electron chi connectivity index (χ2n) is 8.88. The molecule has 0 radical (unpaired) electrons. The van der Waals surface area contributed by atoms with Crippen molar-refractivity contribution in [2.45, 2.75) is 52.5 Å².